The van der Waals surface area contributed by atoms with E-state index in [4.69, 9.17) is 9.97 Å². The van der Waals surface area contributed by atoms with Crippen LogP contribution in [0.4, 0.5) is 0 Å². The van der Waals surface area contributed by atoms with E-state index in [1.54, 1.807) is 0 Å². The lowest BCUT2D eigenvalue weighted by Crippen LogP contribution is -1.97. The Labute approximate surface area is 295 Å². The molecule has 0 radical (unpaired) electrons. The molecule has 51 heavy (non-hydrogen) atoms. The second kappa shape index (κ2) is 11.9. The number of benzene rings is 8. The van der Waals surface area contributed by atoms with Gasteiger partial charge in [-0.05, 0) is 63.4 Å². The Morgan fingerprint density at radius 1 is 0.333 bits per heavy atom. The first-order valence-electron chi connectivity index (χ1n) is 17.3. The number of imidazole rings is 1. The lowest BCUT2D eigenvalue weighted by atomic mass is 9.94. The van der Waals surface area contributed by atoms with Crippen molar-refractivity contribution >= 4 is 43.5 Å². The molecule has 0 aliphatic heterocycles. The summed E-state index contributed by atoms with van der Waals surface area (Å²) in [6.45, 7) is 0. The summed E-state index contributed by atoms with van der Waals surface area (Å²) in [5.41, 5.74) is 12.1. The van der Waals surface area contributed by atoms with E-state index in [2.05, 4.69) is 180 Å². The summed E-state index contributed by atoms with van der Waals surface area (Å²) < 4.78 is 2.25. The van der Waals surface area contributed by atoms with E-state index in [-0.39, 0.29) is 0 Å². The number of fused-ring (bicyclic) bond motifs is 6. The van der Waals surface area contributed by atoms with Gasteiger partial charge in [-0.2, -0.15) is 0 Å². The Kier molecular flexibility index (Phi) is 6.81. The van der Waals surface area contributed by atoms with Gasteiger partial charge in [0, 0.05) is 33.0 Å². The number of hydrogen-bond donors (Lipinski definition) is 0. The zero-order valence-corrected chi connectivity index (χ0v) is 27.7. The monoisotopic (exact) mass is 649 g/mol. The van der Waals surface area contributed by atoms with E-state index < -0.39 is 0 Å². The number of pyridine rings is 1. The number of hydrogen-bond acceptors (Lipinski definition) is 2. The fraction of sp³-hybridized carbons (Fsp3) is 0. The van der Waals surface area contributed by atoms with Crippen LogP contribution >= 0.6 is 0 Å². The second-order valence-electron chi connectivity index (χ2n) is 13.0. The van der Waals surface area contributed by atoms with E-state index in [0.717, 1.165) is 44.9 Å². The van der Waals surface area contributed by atoms with Crippen LogP contribution in [0.5, 0.6) is 0 Å². The maximum Gasteiger partial charge on any atom is 0.145 e. The Morgan fingerprint density at radius 3 is 1.59 bits per heavy atom. The Morgan fingerprint density at radius 2 is 0.882 bits per heavy atom. The molecule has 0 atom stereocenters. The predicted octanol–water partition coefficient (Wildman–Crippen LogP) is 12.5. The molecule has 3 heteroatoms. The van der Waals surface area contributed by atoms with E-state index >= 15 is 0 Å². The molecular formula is C48H31N3. The fourth-order valence-electron chi connectivity index (χ4n) is 7.49. The van der Waals surface area contributed by atoms with Gasteiger partial charge in [0.05, 0.1) is 22.2 Å². The predicted molar refractivity (Wildman–Crippen MR) is 213 cm³/mol. The fourth-order valence-corrected chi connectivity index (χ4v) is 7.49. The van der Waals surface area contributed by atoms with Crippen LogP contribution in [-0.2, 0) is 0 Å². The summed E-state index contributed by atoms with van der Waals surface area (Å²) in [5.74, 6) is 0.943. The molecule has 0 unspecified atom stereocenters. The van der Waals surface area contributed by atoms with Gasteiger partial charge in [-0.3, -0.25) is 4.57 Å². The van der Waals surface area contributed by atoms with Crippen LogP contribution in [0.2, 0.25) is 0 Å². The first kappa shape index (κ1) is 29.1. The van der Waals surface area contributed by atoms with Crippen molar-refractivity contribution in [3.63, 3.8) is 0 Å². The number of aromatic nitrogens is 3. The quantitative estimate of drug-likeness (QED) is 0.174. The van der Waals surface area contributed by atoms with Crippen molar-refractivity contribution in [1.82, 2.24) is 14.5 Å². The van der Waals surface area contributed by atoms with Crippen molar-refractivity contribution < 1.29 is 0 Å². The standard InChI is InChI=1S/C48H31N3/c1-2-11-38(12-3-1)48-50-44-16-8-9-17-45(44)51(48)39-29-26-35(27-30-39)33-20-18-32(19-21-33)34-22-24-37(25-23-34)47-42-31-28-36-10-4-5-13-40(36)46(42)41-14-6-7-15-43(41)49-47/h1-31H. The van der Waals surface area contributed by atoms with Crippen LogP contribution in [0.25, 0.3) is 94.1 Å². The molecule has 10 rings (SSSR count). The van der Waals surface area contributed by atoms with Gasteiger partial charge >= 0.3 is 0 Å². The maximum atomic E-state index is 5.18. The molecule has 0 saturated heterocycles. The van der Waals surface area contributed by atoms with Crippen molar-refractivity contribution in [1.29, 1.82) is 0 Å². The Hall–Kier alpha value is -6.84. The minimum atomic E-state index is 0.943. The van der Waals surface area contributed by atoms with E-state index in [1.807, 2.05) is 12.1 Å². The topological polar surface area (TPSA) is 30.7 Å². The molecule has 2 heterocycles. The van der Waals surface area contributed by atoms with Crippen LogP contribution in [0.1, 0.15) is 0 Å². The first-order chi connectivity index (χ1) is 25.3. The molecule has 0 amide bonds. The zero-order chi connectivity index (χ0) is 33.7. The van der Waals surface area contributed by atoms with Crippen LogP contribution < -0.4 is 0 Å². The molecule has 0 spiro atoms. The molecule has 238 valence electrons. The lowest BCUT2D eigenvalue weighted by Gasteiger charge is -2.13. The highest BCUT2D eigenvalue weighted by Crippen LogP contribution is 2.38. The van der Waals surface area contributed by atoms with Crippen molar-refractivity contribution in [3.8, 4) is 50.6 Å². The van der Waals surface area contributed by atoms with E-state index in [0.29, 0.717) is 0 Å². The molecule has 0 saturated carbocycles. The Bertz CT molecular complexity index is 2850. The van der Waals surface area contributed by atoms with Gasteiger partial charge < -0.3 is 0 Å². The molecule has 3 nitrogen and oxygen atoms in total. The molecule has 2 aromatic heterocycles. The third-order valence-corrected chi connectivity index (χ3v) is 10.0. The van der Waals surface area contributed by atoms with Gasteiger partial charge in [0.25, 0.3) is 0 Å². The third-order valence-electron chi connectivity index (χ3n) is 10.0. The summed E-state index contributed by atoms with van der Waals surface area (Å²) >= 11 is 0. The van der Waals surface area contributed by atoms with Crippen LogP contribution in [-0.4, -0.2) is 14.5 Å². The highest BCUT2D eigenvalue weighted by Gasteiger charge is 2.15. The smallest absolute Gasteiger partial charge is 0.145 e. The Balaban J connectivity index is 0.960. The largest absolute Gasteiger partial charge is 0.292 e. The molecule has 0 aliphatic rings. The summed E-state index contributed by atoms with van der Waals surface area (Å²) in [6, 6.07) is 66.7. The van der Waals surface area contributed by atoms with Crippen molar-refractivity contribution in [2.45, 2.75) is 0 Å². The second-order valence-corrected chi connectivity index (χ2v) is 13.0. The van der Waals surface area contributed by atoms with Gasteiger partial charge in [-0.1, -0.05) is 158 Å². The summed E-state index contributed by atoms with van der Waals surface area (Å²) in [7, 11) is 0. The molecule has 0 aliphatic carbocycles. The molecule has 0 bridgehead atoms. The van der Waals surface area contributed by atoms with Gasteiger partial charge in [0.2, 0.25) is 0 Å². The van der Waals surface area contributed by atoms with Crippen LogP contribution in [0, 0.1) is 0 Å². The average Bonchev–Trinajstić information content (AvgIpc) is 3.61. The van der Waals surface area contributed by atoms with Gasteiger partial charge in [0.1, 0.15) is 5.82 Å². The van der Waals surface area contributed by atoms with Gasteiger partial charge in [-0.25, -0.2) is 9.97 Å². The van der Waals surface area contributed by atoms with Crippen molar-refractivity contribution in [2.75, 3.05) is 0 Å². The number of para-hydroxylation sites is 3. The molecular weight excluding hydrogens is 619 g/mol. The zero-order valence-electron chi connectivity index (χ0n) is 27.7. The summed E-state index contributed by atoms with van der Waals surface area (Å²) in [4.78, 5) is 10.2. The molecule has 0 fully saturated rings. The molecule has 8 aromatic carbocycles. The highest BCUT2D eigenvalue weighted by atomic mass is 15.1. The first-order valence-corrected chi connectivity index (χ1v) is 17.3. The van der Waals surface area contributed by atoms with Gasteiger partial charge in [-0.15, -0.1) is 0 Å². The lowest BCUT2D eigenvalue weighted by molar-refractivity contribution is 1.10. The highest BCUT2D eigenvalue weighted by molar-refractivity contribution is 6.22. The normalized spacial score (nSPS) is 11.5. The SMILES string of the molecule is c1ccc(-c2nc3ccccc3n2-c2ccc(-c3ccc(-c4ccc(-c5nc6ccccc6c6c5ccc5ccccc56)cc4)cc3)cc2)cc1. The number of rotatable bonds is 5. The minimum absolute atomic E-state index is 0.943. The minimum Gasteiger partial charge on any atom is -0.292 e. The third kappa shape index (κ3) is 4.98. The van der Waals surface area contributed by atoms with Crippen LogP contribution in [0.15, 0.2) is 188 Å². The summed E-state index contributed by atoms with van der Waals surface area (Å²) in [6.07, 6.45) is 0. The van der Waals surface area contributed by atoms with Crippen molar-refractivity contribution in [3.05, 3.63) is 188 Å². The van der Waals surface area contributed by atoms with Crippen LogP contribution in [0.3, 0.4) is 0 Å². The summed E-state index contributed by atoms with van der Waals surface area (Å²) in [5, 5.41) is 6.12. The maximum absolute atomic E-state index is 5.18. The number of nitrogens with zero attached hydrogens (tertiary/aromatic N) is 3. The molecule has 0 N–H and O–H groups in total. The van der Waals surface area contributed by atoms with E-state index in [9.17, 15) is 0 Å². The van der Waals surface area contributed by atoms with Gasteiger partial charge in [0.15, 0.2) is 0 Å². The molecule has 10 aromatic rings. The van der Waals surface area contributed by atoms with E-state index in [1.165, 1.54) is 49.2 Å². The van der Waals surface area contributed by atoms with Crippen molar-refractivity contribution in [2.24, 2.45) is 0 Å². The average molecular weight is 650 g/mol.